The molecule has 2 heterocycles. The SMILES string of the molecule is CCCS(=O)(=O)Nc1ccc(F)c(C(=O)c2c[nH]c3ncnc(OC)c23)c1F. The van der Waals surface area contributed by atoms with Crippen molar-refractivity contribution in [3.8, 4) is 5.88 Å². The Morgan fingerprint density at radius 2 is 2.04 bits per heavy atom. The van der Waals surface area contributed by atoms with Gasteiger partial charge in [-0.2, -0.15) is 0 Å². The molecule has 0 atom stereocenters. The third-order valence-electron chi connectivity index (χ3n) is 3.93. The maximum absolute atomic E-state index is 14.9. The largest absolute Gasteiger partial charge is 0.480 e. The van der Waals surface area contributed by atoms with Crippen LogP contribution in [-0.2, 0) is 10.0 Å². The van der Waals surface area contributed by atoms with Crippen molar-refractivity contribution < 1.29 is 26.7 Å². The number of hydrogen-bond acceptors (Lipinski definition) is 6. The summed E-state index contributed by atoms with van der Waals surface area (Å²) < 4.78 is 60.1. The molecular formula is C17H16F2N4O4S. The Morgan fingerprint density at radius 1 is 1.29 bits per heavy atom. The fraction of sp³-hybridized carbons (Fsp3) is 0.235. The van der Waals surface area contributed by atoms with Crippen LogP contribution in [0.5, 0.6) is 5.88 Å². The molecule has 3 rings (SSSR count). The molecule has 0 saturated carbocycles. The van der Waals surface area contributed by atoms with Gasteiger partial charge in [0.2, 0.25) is 21.7 Å². The van der Waals surface area contributed by atoms with Crippen LogP contribution in [-0.4, -0.2) is 42.0 Å². The van der Waals surface area contributed by atoms with Gasteiger partial charge in [0, 0.05) is 6.20 Å². The van der Waals surface area contributed by atoms with Gasteiger partial charge in [-0.15, -0.1) is 0 Å². The van der Waals surface area contributed by atoms with Crippen LogP contribution in [0.4, 0.5) is 14.5 Å². The molecule has 8 nitrogen and oxygen atoms in total. The summed E-state index contributed by atoms with van der Waals surface area (Å²) in [7, 11) is -2.50. The summed E-state index contributed by atoms with van der Waals surface area (Å²) in [6.07, 6.45) is 2.74. The summed E-state index contributed by atoms with van der Waals surface area (Å²) in [5.74, 6) is -3.65. The summed E-state index contributed by atoms with van der Waals surface area (Å²) in [4.78, 5) is 23.4. The molecule has 0 radical (unpaired) electrons. The van der Waals surface area contributed by atoms with Gasteiger partial charge in [-0.1, -0.05) is 6.92 Å². The number of aromatic nitrogens is 3. The molecule has 0 aliphatic heterocycles. The number of aromatic amines is 1. The van der Waals surface area contributed by atoms with Crippen LogP contribution in [0, 0.1) is 11.6 Å². The highest BCUT2D eigenvalue weighted by atomic mass is 32.2. The van der Waals surface area contributed by atoms with Gasteiger partial charge in [-0.05, 0) is 18.6 Å². The van der Waals surface area contributed by atoms with Crippen LogP contribution >= 0.6 is 0 Å². The Bertz CT molecular complexity index is 1160. The van der Waals surface area contributed by atoms with Crippen molar-refractivity contribution in [2.45, 2.75) is 13.3 Å². The van der Waals surface area contributed by atoms with E-state index in [0.717, 1.165) is 12.1 Å². The molecule has 28 heavy (non-hydrogen) atoms. The van der Waals surface area contributed by atoms with E-state index in [-0.39, 0.29) is 28.2 Å². The third kappa shape index (κ3) is 3.52. The number of anilines is 1. The zero-order valence-electron chi connectivity index (χ0n) is 14.9. The number of carbonyl (C=O) groups excluding carboxylic acids is 1. The lowest BCUT2D eigenvalue weighted by molar-refractivity contribution is 0.103. The molecule has 148 valence electrons. The number of benzene rings is 1. The normalized spacial score (nSPS) is 11.6. The van der Waals surface area contributed by atoms with Gasteiger partial charge >= 0.3 is 0 Å². The number of H-pyrrole nitrogens is 1. The van der Waals surface area contributed by atoms with E-state index >= 15 is 0 Å². The molecule has 0 amide bonds. The minimum absolute atomic E-state index is 0.0511. The fourth-order valence-electron chi connectivity index (χ4n) is 2.73. The van der Waals surface area contributed by atoms with Crippen LogP contribution in [0.3, 0.4) is 0 Å². The summed E-state index contributed by atoms with van der Waals surface area (Å²) in [6.45, 7) is 1.64. The number of ketones is 1. The topological polar surface area (TPSA) is 114 Å². The number of sulfonamides is 1. The Balaban J connectivity index is 2.12. The number of methoxy groups -OCH3 is 1. The van der Waals surface area contributed by atoms with E-state index in [1.165, 1.54) is 19.6 Å². The van der Waals surface area contributed by atoms with E-state index < -0.39 is 38.7 Å². The second kappa shape index (κ2) is 7.50. The maximum atomic E-state index is 14.9. The molecular weight excluding hydrogens is 394 g/mol. The van der Waals surface area contributed by atoms with E-state index in [9.17, 15) is 22.0 Å². The average Bonchev–Trinajstić information content (AvgIpc) is 3.08. The molecule has 0 saturated heterocycles. The number of carbonyl (C=O) groups is 1. The molecule has 0 fully saturated rings. The Labute approximate surface area is 159 Å². The van der Waals surface area contributed by atoms with Gasteiger partial charge < -0.3 is 9.72 Å². The zero-order valence-corrected chi connectivity index (χ0v) is 15.7. The van der Waals surface area contributed by atoms with Crippen LogP contribution in [0.25, 0.3) is 11.0 Å². The average molecular weight is 410 g/mol. The highest BCUT2D eigenvalue weighted by Crippen LogP contribution is 2.30. The van der Waals surface area contributed by atoms with Crippen molar-refractivity contribution in [3.05, 3.63) is 47.4 Å². The molecule has 3 aromatic rings. The molecule has 2 aromatic heterocycles. The Kier molecular flexibility index (Phi) is 5.27. The van der Waals surface area contributed by atoms with E-state index in [2.05, 4.69) is 15.0 Å². The first kappa shape index (κ1) is 19.7. The summed E-state index contributed by atoms with van der Waals surface area (Å²) >= 11 is 0. The predicted octanol–water partition coefficient (Wildman–Crippen LogP) is 2.63. The van der Waals surface area contributed by atoms with Crippen molar-refractivity contribution in [2.75, 3.05) is 17.6 Å². The van der Waals surface area contributed by atoms with E-state index in [0.29, 0.717) is 6.42 Å². The quantitative estimate of drug-likeness (QED) is 0.579. The lowest BCUT2D eigenvalue weighted by Gasteiger charge is -2.11. The minimum Gasteiger partial charge on any atom is -0.480 e. The smallest absolute Gasteiger partial charge is 0.232 e. The van der Waals surface area contributed by atoms with Gasteiger partial charge in [-0.3, -0.25) is 9.52 Å². The van der Waals surface area contributed by atoms with Crippen LogP contribution in [0.15, 0.2) is 24.7 Å². The Hall–Kier alpha value is -3.08. The first-order chi connectivity index (χ1) is 13.3. The van der Waals surface area contributed by atoms with E-state index in [4.69, 9.17) is 4.74 Å². The molecule has 1 aromatic carbocycles. The van der Waals surface area contributed by atoms with Crippen molar-refractivity contribution >= 4 is 32.5 Å². The number of nitrogens with zero attached hydrogens (tertiary/aromatic N) is 2. The first-order valence-electron chi connectivity index (χ1n) is 8.18. The van der Waals surface area contributed by atoms with Crippen LogP contribution in [0.1, 0.15) is 29.3 Å². The van der Waals surface area contributed by atoms with Crippen LogP contribution in [0.2, 0.25) is 0 Å². The second-order valence-electron chi connectivity index (χ2n) is 5.84. The molecule has 0 spiro atoms. The Morgan fingerprint density at radius 3 is 2.71 bits per heavy atom. The summed E-state index contributed by atoms with van der Waals surface area (Å²) in [5.41, 5.74) is -1.28. The molecule has 0 aliphatic carbocycles. The number of hydrogen-bond donors (Lipinski definition) is 2. The number of fused-ring (bicyclic) bond motifs is 1. The van der Waals surface area contributed by atoms with Gasteiger partial charge in [0.25, 0.3) is 0 Å². The molecule has 0 unspecified atom stereocenters. The fourth-order valence-corrected chi connectivity index (χ4v) is 3.86. The molecule has 2 N–H and O–H groups in total. The predicted molar refractivity (Wildman–Crippen MR) is 97.9 cm³/mol. The number of halogens is 2. The molecule has 0 bridgehead atoms. The van der Waals surface area contributed by atoms with Gasteiger partial charge in [0.05, 0.1) is 35.1 Å². The van der Waals surface area contributed by atoms with Gasteiger partial charge in [-0.25, -0.2) is 27.2 Å². The van der Waals surface area contributed by atoms with E-state index in [1.54, 1.807) is 6.92 Å². The summed E-state index contributed by atoms with van der Waals surface area (Å²) in [6, 6.07) is 1.75. The number of nitrogens with one attached hydrogen (secondary N) is 2. The van der Waals surface area contributed by atoms with Gasteiger partial charge in [0.1, 0.15) is 17.8 Å². The van der Waals surface area contributed by atoms with Crippen molar-refractivity contribution in [2.24, 2.45) is 0 Å². The second-order valence-corrected chi connectivity index (χ2v) is 7.68. The first-order valence-corrected chi connectivity index (χ1v) is 9.83. The monoisotopic (exact) mass is 410 g/mol. The highest BCUT2D eigenvalue weighted by molar-refractivity contribution is 7.92. The molecule has 0 aliphatic rings. The standard InChI is InChI=1S/C17H16F2N4O4S/c1-3-6-28(25,26)23-11-5-4-10(18)13(14(11)19)15(24)9-7-20-16-12(9)17(27-2)22-8-21-16/h4-5,7-8,23H,3,6H2,1-2H3,(H,20,21,22). The van der Waals surface area contributed by atoms with Crippen molar-refractivity contribution in [3.63, 3.8) is 0 Å². The van der Waals surface area contributed by atoms with Gasteiger partial charge in [0.15, 0.2) is 5.82 Å². The van der Waals surface area contributed by atoms with Crippen LogP contribution < -0.4 is 9.46 Å². The highest BCUT2D eigenvalue weighted by Gasteiger charge is 2.27. The van der Waals surface area contributed by atoms with Crippen molar-refractivity contribution in [1.82, 2.24) is 15.0 Å². The zero-order chi connectivity index (χ0) is 20.5. The third-order valence-corrected chi connectivity index (χ3v) is 5.41. The lowest BCUT2D eigenvalue weighted by atomic mass is 10.0. The lowest BCUT2D eigenvalue weighted by Crippen LogP contribution is -2.18. The minimum atomic E-state index is -3.83. The van der Waals surface area contributed by atoms with Crippen molar-refractivity contribution in [1.29, 1.82) is 0 Å². The van der Waals surface area contributed by atoms with E-state index in [1.807, 2.05) is 4.72 Å². The summed E-state index contributed by atoms with van der Waals surface area (Å²) in [5, 5.41) is 0.158. The number of rotatable bonds is 7. The maximum Gasteiger partial charge on any atom is 0.232 e. The number of ether oxygens (including phenoxy) is 1. The molecule has 11 heteroatoms.